The first-order valence-corrected chi connectivity index (χ1v) is 15.1. The van der Waals surface area contributed by atoms with E-state index in [1.54, 1.807) is 0 Å². The fraction of sp³-hybridized carbons (Fsp3) is 0.250. The molecule has 0 saturated carbocycles. The van der Waals surface area contributed by atoms with Gasteiger partial charge in [-0.05, 0) is 95.7 Å². The predicted octanol–water partition coefficient (Wildman–Crippen LogP) is 8.92. The molecule has 0 aliphatic heterocycles. The number of hydrogen-bond acceptors (Lipinski definition) is 4. The summed E-state index contributed by atoms with van der Waals surface area (Å²) in [4.78, 5) is 37.8. The molecule has 0 aliphatic rings. The van der Waals surface area contributed by atoms with Crippen molar-refractivity contribution in [1.82, 2.24) is 0 Å². The molecule has 212 valence electrons. The normalized spacial score (nSPS) is 10.7. The van der Waals surface area contributed by atoms with Crippen molar-refractivity contribution in [2.75, 3.05) is 0 Å². The summed E-state index contributed by atoms with van der Waals surface area (Å²) < 4.78 is 12.7. The summed E-state index contributed by atoms with van der Waals surface area (Å²) in [5.41, 5.74) is 9.78. The molecular weight excluding hydrogens is 527 g/mol. The van der Waals surface area contributed by atoms with Crippen LogP contribution in [-0.4, -0.2) is 16.8 Å². The summed E-state index contributed by atoms with van der Waals surface area (Å²) in [6.45, 7) is 17.2. The fourth-order valence-electron chi connectivity index (χ4n) is 5.68. The molecular formula is C36H39O4P. The molecule has 0 aliphatic carbocycles. The molecule has 0 unspecified atom stereocenters. The first-order valence-electron chi connectivity index (χ1n) is 13.7. The molecule has 0 radical (unpaired) electrons. The lowest BCUT2D eigenvalue weighted by Gasteiger charge is -2.12. The Bertz CT molecular complexity index is 1540. The maximum absolute atomic E-state index is 12.7. The maximum Gasteiger partial charge on any atom is 0.226 e. The summed E-state index contributed by atoms with van der Waals surface area (Å²) in [7, 11) is -3.09. The van der Waals surface area contributed by atoms with Gasteiger partial charge in [-0.1, -0.05) is 83.4 Å². The average Bonchev–Trinajstić information content (AvgIpc) is 2.87. The Morgan fingerprint density at radius 1 is 0.463 bits per heavy atom. The van der Waals surface area contributed by atoms with Crippen LogP contribution in [0.3, 0.4) is 0 Å². The number of rotatable bonds is 6. The molecule has 0 spiro atoms. The highest BCUT2D eigenvalue weighted by Gasteiger charge is 2.28. The Labute approximate surface area is 244 Å². The molecule has 0 amide bonds. The molecule has 0 fully saturated rings. The van der Waals surface area contributed by atoms with Gasteiger partial charge in [0.1, 0.15) is 0 Å². The molecule has 5 heteroatoms. The second-order valence-corrected chi connectivity index (χ2v) is 12.6. The van der Waals surface area contributed by atoms with Gasteiger partial charge >= 0.3 is 0 Å². The molecule has 4 rings (SSSR count). The Hall–Kier alpha value is -3.88. The minimum absolute atomic E-state index is 0.112. The molecule has 0 saturated heterocycles. The highest BCUT2D eigenvalue weighted by Crippen LogP contribution is 2.36. The quantitative estimate of drug-likeness (QED) is 0.173. The summed E-state index contributed by atoms with van der Waals surface area (Å²) >= 11 is 0. The van der Waals surface area contributed by atoms with E-state index in [-0.39, 0.29) is 5.78 Å². The Balaban J connectivity index is 0.000000239. The van der Waals surface area contributed by atoms with Crippen molar-refractivity contribution in [3.05, 3.63) is 139 Å². The van der Waals surface area contributed by atoms with Gasteiger partial charge < -0.3 is 4.57 Å². The van der Waals surface area contributed by atoms with Crippen LogP contribution in [0.4, 0.5) is 0 Å². The Morgan fingerprint density at radius 3 is 1.07 bits per heavy atom. The van der Waals surface area contributed by atoms with Gasteiger partial charge in [0.05, 0.1) is 0 Å². The van der Waals surface area contributed by atoms with Crippen LogP contribution in [0.25, 0.3) is 0 Å². The number of benzene rings is 4. The van der Waals surface area contributed by atoms with E-state index < -0.39 is 18.8 Å². The zero-order valence-corrected chi connectivity index (χ0v) is 26.5. The maximum atomic E-state index is 12.7. The number of carbonyl (C=O) groups is 3. The van der Waals surface area contributed by atoms with Gasteiger partial charge in [-0.2, -0.15) is 0 Å². The predicted molar refractivity (Wildman–Crippen MR) is 169 cm³/mol. The van der Waals surface area contributed by atoms with Gasteiger partial charge in [-0.15, -0.1) is 0 Å². The van der Waals surface area contributed by atoms with Gasteiger partial charge in [0.25, 0.3) is 0 Å². The van der Waals surface area contributed by atoms with Crippen molar-refractivity contribution in [2.24, 2.45) is 0 Å². The van der Waals surface area contributed by atoms with Gasteiger partial charge in [-0.3, -0.25) is 14.4 Å². The van der Waals surface area contributed by atoms with Crippen LogP contribution in [-0.2, 0) is 4.57 Å². The zero-order chi connectivity index (χ0) is 30.6. The fourth-order valence-corrected chi connectivity index (χ4v) is 7.13. The lowest BCUT2D eigenvalue weighted by atomic mass is 9.93. The van der Waals surface area contributed by atoms with Crippen LogP contribution in [0.2, 0.25) is 0 Å². The number of ketones is 1. The molecule has 0 aromatic heterocycles. The minimum atomic E-state index is -3.09. The second-order valence-electron chi connectivity index (χ2n) is 11.0. The summed E-state index contributed by atoms with van der Waals surface area (Å²) in [5, 5.41) is 0. The van der Waals surface area contributed by atoms with Gasteiger partial charge in [0, 0.05) is 22.3 Å². The van der Waals surface area contributed by atoms with E-state index in [0.717, 1.165) is 55.6 Å². The van der Waals surface area contributed by atoms with Crippen LogP contribution < -0.4 is 0 Å². The number of carbonyl (C=O) groups excluding carboxylic acids is 3. The number of hydrogen-bond donors (Lipinski definition) is 0. The van der Waals surface area contributed by atoms with Crippen LogP contribution in [0.5, 0.6) is 0 Å². The van der Waals surface area contributed by atoms with E-state index in [0.29, 0.717) is 11.1 Å². The molecule has 0 heterocycles. The highest BCUT2D eigenvalue weighted by molar-refractivity contribution is 7.80. The van der Waals surface area contributed by atoms with E-state index in [9.17, 15) is 18.9 Å². The van der Waals surface area contributed by atoms with Crippen LogP contribution in [0.1, 0.15) is 86.7 Å². The van der Waals surface area contributed by atoms with Crippen LogP contribution in [0, 0.1) is 62.3 Å². The summed E-state index contributed by atoms with van der Waals surface area (Å²) in [5.74, 6) is 0.112. The Kier molecular flexibility index (Phi) is 10.2. The van der Waals surface area contributed by atoms with Gasteiger partial charge in [0.15, 0.2) is 5.78 Å². The lowest BCUT2D eigenvalue weighted by molar-refractivity contribution is 0.103. The van der Waals surface area contributed by atoms with Crippen molar-refractivity contribution in [3.8, 4) is 0 Å². The van der Waals surface area contributed by atoms with Crippen molar-refractivity contribution in [3.63, 3.8) is 0 Å². The topological polar surface area (TPSA) is 68.3 Å². The molecule has 4 aromatic carbocycles. The van der Waals surface area contributed by atoms with E-state index in [4.69, 9.17) is 0 Å². The van der Waals surface area contributed by atoms with Crippen LogP contribution in [0.15, 0.2) is 66.7 Å². The third-order valence-corrected chi connectivity index (χ3v) is 8.49. The highest BCUT2D eigenvalue weighted by atomic mass is 31.1. The molecule has 0 bridgehead atoms. The van der Waals surface area contributed by atoms with Crippen molar-refractivity contribution < 1.29 is 18.9 Å². The lowest BCUT2D eigenvalue weighted by Crippen LogP contribution is -2.08. The van der Waals surface area contributed by atoms with Crippen LogP contribution >= 0.6 is 7.80 Å². The van der Waals surface area contributed by atoms with Gasteiger partial charge in [-0.25, -0.2) is 0 Å². The van der Waals surface area contributed by atoms with E-state index in [1.807, 2.05) is 110 Å². The van der Waals surface area contributed by atoms with Crippen molar-refractivity contribution in [1.29, 1.82) is 0 Å². The first kappa shape index (κ1) is 31.6. The Morgan fingerprint density at radius 2 is 0.756 bits per heavy atom. The molecule has 4 nitrogen and oxygen atoms in total. The number of aryl methyl sites for hydroxylation is 9. The third-order valence-electron chi connectivity index (χ3n) is 7.16. The summed E-state index contributed by atoms with van der Waals surface area (Å²) in [6, 6.07) is 21.1. The third kappa shape index (κ3) is 7.26. The molecule has 41 heavy (non-hydrogen) atoms. The van der Waals surface area contributed by atoms with Crippen molar-refractivity contribution in [2.45, 2.75) is 62.3 Å². The molecule has 0 atom stereocenters. The smallest absolute Gasteiger partial charge is 0.226 e. The summed E-state index contributed by atoms with van der Waals surface area (Å²) in [6.07, 6.45) is 0. The van der Waals surface area contributed by atoms with E-state index in [1.165, 1.54) is 5.56 Å². The average molecular weight is 567 g/mol. The second kappa shape index (κ2) is 13.2. The minimum Gasteiger partial charge on any atom is -0.310 e. The molecule has 4 aromatic rings. The first-order chi connectivity index (χ1) is 19.2. The molecule has 0 N–H and O–H groups in total. The largest absolute Gasteiger partial charge is 0.310 e. The van der Waals surface area contributed by atoms with E-state index in [2.05, 4.69) is 19.1 Å². The standard InChI is InChI=1S/C20H23O3P.C16H16O/c1-11-7-13(3)17(14(4)8-11)19(21)24(23)20(22)18-15(5)9-12(2)10-16(18)6;1-11-9-12(2)15(13(3)10-11)16(17)14-7-5-4-6-8-14/h7-10,24H,1-6H3;4-10H,1-3H3. The zero-order valence-electron chi connectivity index (χ0n) is 25.5. The van der Waals surface area contributed by atoms with Crippen molar-refractivity contribution >= 4 is 24.6 Å². The monoisotopic (exact) mass is 566 g/mol. The van der Waals surface area contributed by atoms with Gasteiger partial charge in [0.2, 0.25) is 18.8 Å². The van der Waals surface area contributed by atoms with E-state index >= 15 is 0 Å². The SMILES string of the molecule is Cc1cc(C)c(C(=O)[PH](=O)C(=O)c2c(C)cc(C)cc2C)c(C)c1.Cc1cc(C)c(C(=O)c2ccccc2)c(C)c1.